The van der Waals surface area contributed by atoms with Crippen LogP contribution in [0.3, 0.4) is 0 Å². The number of ether oxygens (including phenoxy) is 1. The summed E-state index contributed by atoms with van der Waals surface area (Å²) in [6.07, 6.45) is 0.189. The van der Waals surface area contributed by atoms with Crippen molar-refractivity contribution in [2.24, 2.45) is 0 Å². The molecular weight excluding hydrogens is 448 g/mol. The van der Waals surface area contributed by atoms with Crippen molar-refractivity contribution in [2.45, 2.75) is 13.3 Å². The van der Waals surface area contributed by atoms with E-state index >= 15 is 0 Å². The van der Waals surface area contributed by atoms with Crippen LogP contribution >= 0.6 is 15.9 Å². The van der Waals surface area contributed by atoms with Gasteiger partial charge in [-0.25, -0.2) is 0 Å². The van der Waals surface area contributed by atoms with Gasteiger partial charge in [-0.05, 0) is 42.0 Å². The summed E-state index contributed by atoms with van der Waals surface area (Å²) in [6, 6.07) is 20.7. The number of halogens is 1. The zero-order chi connectivity index (χ0) is 21.5. The lowest BCUT2D eigenvalue weighted by Gasteiger charge is -2.13. The maximum Gasteiger partial charge on any atom is 0.308 e. The summed E-state index contributed by atoms with van der Waals surface area (Å²) < 4.78 is 5.87. The maximum absolute atomic E-state index is 12.7. The first-order valence-electron chi connectivity index (χ1n) is 9.14. The SMILES string of the molecule is CC(=O)Oc1cccc(C(=O)Nc2ccccc2NC(=O)Cc2ccccc2Br)c1. The van der Waals surface area contributed by atoms with E-state index in [2.05, 4.69) is 26.6 Å². The van der Waals surface area contributed by atoms with Crippen molar-refractivity contribution in [1.82, 2.24) is 0 Å². The fraction of sp³-hybridized carbons (Fsp3) is 0.0870. The smallest absolute Gasteiger partial charge is 0.308 e. The third-order valence-electron chi connectivity index (χ3n) is 4.12. The van der Waals surface area contributed by atoms with Gasteiger partial charge in [-0.2, -0.15) is 0 Å². The highest BCUT2D eigenvalue weighted by atomic mass is 79.9. The molecule has 0 atom stereocenters. The van der Waals surface area contributed by atoms with Gasteiger partial charge in [0.1, 0.15) is 5.75 Å². The quantitative estimate of drug-likeness (QED) is 0.403. The molecule has 3 rings (SSSR count). The fourth-order valence-electron chi connectivity index (χ4n) is 2.77. The minimum Gasteiger partial charge on any atom is -0.427 e. The van der Waals surface area contributed by atoms with Crippen LogP contribution in [0, 0.1) is 0 Å². The van der Waals surface area contributed by atoms with Crippen LogP contribution in [0.25, 0.3) is 0 Å². The van der Waals surface area contributed by atoms with E-state index in [1.165, 1.54) is 13.0 Å². The molecule has 0 fully saturated rings. The number of hydrogen-bond donors (Lipinski definition) is 2. The molecule has 0 radical (unpaired) electrons. The third kappa shape index (κ3) is 5.78. The molecule has 152 valence electrons. The Hall–Kier alpha value is -3.45. The van der Waals surface area contributed by atoms with Crippen LogP contribution in [0.4, 0.5) is 11.4 Å². The van der Waals surface area contributed by atoms with Gasteiger partial charge in [0.15, 0.2) is 0 Å². The minimum absolute atomic E-state index is 0.189. The van der Waals surface area contributed by atoms with Gasteiger partial charge < -0.3 is 15.4 Å². The van der Waals surface area contributed by atoms with Gasteiger partial charge in [-0.15, -0.1) is 0 Å². The molecule has 6 nitrogen and oxygen atoms in total. The molecule has 2 N–H and O–H groups in total. The van der Waals surface area contributed by atoms with Gasteiger partial charge in [-0.3, -0.25) is 14.4 Å². The number of nitrogens with one attached hydrogen (secondary N) is 2. The van der Waals surface area contributed by atoms with Crippen molar-refractivity contribution < 1.29 is 19.1 Å². The Bertz CT molecular complexity index is 1100. The van der Waals surface area contributed by atoms with Crippen molar-refractivity contribution >= 4 is 45.1 Å². The van der Waals surface area contributed by atoms with Gasteiger partial charge >= 0.3 is 5.97 Å². The number of benzene rings is 3. The van der Waals surface area contributed by atoms with E-state index in [1.807, 2.05) is 24.3 Å². The monoisotopic (exact) mass is 466 g/mol. The lowest BCUT2D eigenvalue weighted by atomic mass is 10.1. The Kier molecular flexibility index (Phi) is 6.98. The molecule has 0 heterocycles. The van der Waals surface area contributed by atoms with Crippen LogP contribution in [-0.4, -0.2) is 17.8 Å². The first-order valence-corrected chi connectivity index (χ1v) is 9.94. The van der Waals surface area contributed by atoms with Crippen molar-refractivity contribution in [1.29, 1.82) is 0 Å². The molecule has 0 saturated carbocycles. The Labute approximate surface area is 182 Å². The summed E-state index contributed by atoms with van der Waals surface area (Å²) in [7, 11) is 0. The summed E-state index contributed by atoms with van der Waals surface area (Å²) in [6.45, 7) is 1.29. The molecule has 3 aromatic carbocycles. The summed E-state index contributed by atoms with van der Waals surface area (Å²) in [4.78, 5) is 36.3. The molecule has 0 saturated heterocycles. The van der Waals surface area contributed by atoms with Crippen LogP contribution in [0.2, 0.25) is 0 Å². The largest absolute Gasteiger partial charge is 0.427 e. The number of carbonyl (C=O) groups is 3. The number of esters is 1. The van der Waals surface area contributed by atoms with Gasteiger partial charge in [0.2, 0.25) is 5.91 Å². The number of carbonyl (C=O) groups excluding carboxylic acids is 3. The third-order valence-corrected chi connectivity index (χ3v) is 4.89. The van der Waals surface area contributed by atoms with Gasteiger partial charge in [0.05, 0.1) is 17.8 Å². The average Bonchev–Trinajstić information content (AvgIpc) is 2.71. The topological polar surface area (TPSA) is 84.5 Å². The fourth-order valence-corrected chi connectivity index (χ4v) is 3.20. The Balaban J connectivity index is 1.72. The van der Waals surface area contributed by atoms with Crippen molar-refractivity contribution in [2.75, 3.05) is 10.6 Å². The first-order chi connectivity index (χ1) is 14.4. The second kappa shape index (κ2) is 9.84. The molecule has 0 aliphatic rings. The van der Waals surface area contributed by atoms with E-state index in [1.54, 1.807) is 42.5 Å². The summed E-state index contributed by atoms with van der Waals surface area (Å²) in [5.74, 6) is -0.784. The predicted molar refractivity (Wildman–Crippen MR) is 119 cm³/mol. The van der Waals surface area contributed by atoms with Crippen molar-refractivity contribution in [3.05, 3.63) is 88.4 Å². The summed E-state index contributed by atoms with van der Waals surface area (Å²) in [5, 5.41) is 5.62. The van der Waals surface area contributed by atoms with Crippen LogP contribution in [0.15, 0.2) is 77.3 Å². The predicted octanol–water partition coefficient (Wildman–Crippen LogP) is 4.81. The molecule has 3 aromatic rings. The average molecular weight is 467 g/mol. The van der Waals surface area contributed by atoms with Crippen LogP contribution in [0.5, 0.6) is 5.75 Å². The van der Waals surface area contributed by atoms with Crippen LogP contribution < -0.4 is 15.4 Å². The highest BCUT2D eigenvalue weighted by Crippen LogP contribution is 2.24. The molecule has 0 aliphatic heterocycles. The van der Waals surface area contributed by atoms with E-state index < -0.39 is 11.9 Å². The van der Waals surface area contributed by atoms with E-state index in [0.717, 1.165) is 10.0 Å². The summed E-state index contributed by atoms with van der Waals surface area (Å²) >= 11 is 3.44. The Morgan fingerprint density at radius 2 is 1.53 bits per heavy atom. The molecule has 0 bridgehead atoms. The highest BCUT2D eigenvalue weighted by Gasteiger charge is 2.13. The Morgan fingerprint density at radius 1 is 0.867 bits per heavy atom. The van der Waals surface area contributed by atoms with Crippen LogP contribution in [-0.2, 0) is 16.0 Å². The van der Waals surface area contributed by atoms with Gasteiger partial charge in [0, 0.05) is 17.0 Å². The lowest BCUT2D eigenvalue weighted by molar-refractivity contribution is -0.131. The molecule has 7 heteroatoms. The molecule has 0 aliphatic carbocycles. The number of para-hydroxylation sites is 2. The molecule has 0 unspecified atom stereocenters. The molecule has 30 heavy (non-hydrogen) atoms. The standard InChI is InChI=1S/C23H19BrN2O4/c1-15(27)30-18-9-6-8-17(13-18)23(29)26-21-12-5-4-11-20(21)25-22(28)14-16-7-2-3-10-19(16)24/h2-13H,14H2,1H3,(H,25,28)(H,26,29). The molecule has 2 amide bonds. The van der Waals surface area contributed by atoms with Crippen molar-refractivity contribution in [3.8, 4) is 5.75 Å². The van der Waals surface area contributed by atoms with E-state index in [-0.39, 0.29) is 18.1 Å². The zero-order valence-electron chi connectivity index (χ0n) is 16.1. The second-order valence-electron chi connectivity index (χ2n) is 6.44. The number of amides is 2. The second-order valence-corrected chi connectivity index (χ2v) is 7.29. The van der Waals surface area contributed by atoms with Crippen LogP contribution in [0.1, 0.15) is 22.8 Å². The van der Waals surface area contributed by atoms with E-state index in [0.29, 0.717) is 16.9 Å². The summed E-state index contributed by atoms with van der Waals surface area (Å²) in [5.41, 5.74) is 2.13. The highest BCUT2D eigenvalue weighted by molar-refractivity contribution is 9.10. The normalized spacial score (nSPS) is 10.2. The van der Waals surface area contributed by atoms with E-state index in [4.69, 9.17) is 4.74 Å². The van der Waals surface area contributed by atoms with Gasteiger partial charge in [0.25, 0.3) is 5.91 Å². The van der Waals surface area contributed by atoms with Gasteiger partial charge in [-0.1, -0.05) is 52.3 Å². The Morgan fingerprint density at radius 3 is 2.23 bits per heavy atom. The molecule has 0 aromatic heterocycles. The maximum atomic E-state index is 12.7. The number of rotatable bonds is 6. The molecule has 0 spiro atoms. The zero-order valence-corrected chi connectivity index (χ0v) is 17.7. The van der Waals surface area contributed by atoms with Crippen molar-refractivity contribution in [3.63, 3.8) is 0 Å². The molecular formula is C23H19BrN2O4. The lowest BCUT2D eigenvalue weighted by Crippen LogP contribution is -2.18. The van der Waals surface area contributed by atoms with E-state index in [9.17, 15) is 14.4 Å². The minimum atomic E-state index is -0.467. The number of hydrogen-bond acceptors (Lipinski definition) is 4. The number of anilines is 2. The first kappa shape index (κ1) is 21.3.